The maximum atomic E-state index is 11.5. The summed E-state index contributed by atoms with van der Waals surface area (Å²) in [6.07, 6.45) is 7.38. The minimum absolute atomic E-state index is 0.435. The van der Waals surface area contributed by atoms with Crippen LogP contribution in [0.25, 0.3) is 0 Å². The van der Waals surface area contributed by atoms with Gasteiger partial charge in [-0.25, -0.2) is 4.79 Å². The van der Waals surface area contributed by atoms with Crippen molar-refractivity contribution in [3.05, 3.63) is 0 Å². The molecule has 0 aromatic rings. The quantitative estimate of drug-likeness (QED) is 0.675. The van der Waals surface area contributed by atoms with Crippen molar-refractivity contribution in [3.63, 3.8) is 0 Å². The Bertz CT molecular complexity index is 235. The van der Waals surface area contributed by atoms with Crippen LogP contribution >= 0.6 is 0 Å². The molecule has 15 heavy (non-hydrogen) atoms. The first-order valence-electron chi connectivity index (χ1n) is 5.96. The summed E-state index contributed by atoms with van der Waals surface area (Å²) in [5.41, 5.74) is -1.18. The Kier molecular flexibility index (Phi) is 3.01. The van der Waals surface area contributed by atoms with Gasteiger partial charge in [-0.2, -0.15) is 0 Å². The number of hydrogen-bond acceptors (Lipinski definition) is 3. The molecule has 0 saturated heterocycles. The molecule has 0 aromatic carbocycles. The molecule has 0 heterocycles. The molecule has 3 heteroatoms. The van der Waals surface area contributed by atoms with Crippen molar-refractivity contribution in [1.82, 2.24) is 0 Å². The van der Waals surface area contributed by atoms with Crippen LogP contribution in [0.2, 0.25) is 0 Å². The predicted octanol–water partition coefficient (Wildman–Crippen LogP) is 1.88. The van der Waals surface area contributed by atoms with E-state index >= 15 is 0 Å². The van der Waals surface area contributed by atoms with E-state index in [1.54, 1.807) is 0 Å². The summed E-state index contributed by atoms with van der Waals surface area (Å²) in [4.78, 5) is 11.5. The molecule has 0 radical (unpaired) electrons. The van der Waals surface area contributed by atoms with Crippen molar-refractivity contribution in [2.24, 2.45) is 11.8 Å². The topological polar surface area (TPSA) is 46.5 Å². The van der Waals surface area contributed by atoms with Crippen LogP contribution in [0, 0.1) is 11.8 Å². The third kappa shape index (κ3) is 2.03. The highest BCUT2D eigenvalue weighted by atomic mass is 16.5. The van der Waals surface area contributed by atoms with E-state index in [2.05, 4.69) is 4.74 Å². The van der Waals surface area contributed by atoms with Crippen LogP contribution in [0.3, 0.4) is 0 Å². The molecule has 86 valence electrons. The minimum atomic E-state index is -1.18. The third-order valence-corrected chi connectivity index (χ3v) is 4.08. The van der Waals surface area contributed by atoms with Gasteiger partial charge in [0.05, 0.1) is 7.11 Å². The molecule has 0 amide bonds. The molecule has 0 aromatic heterocycles. The average molecular weight is 212 g/mol. The van der Waals surface area contributed by atoms with Gasteiger partial charge in [-0.15, -0.1) is 0 Å². The smallest absolute Gasteiger partial charge is 0.337 e. The molecule has 3 nitrogen and oxygen atoms in total. The Labute approximate surface area is 90.8 Å². The lowest BCUT2D eigenvalue weighted by Crippen LogP contribution is -2.37. The maximum Gasteiger partial charge on any atom is 0.337 e. The van der Waals surface area contributed by atoms with Gasteiger partial charge in [-0.05, 0) is 24.7 Å². The molecule has 2 aliphatic carbocycles. The van der Waals surface area contributed by atoms with E-state index in [-0.39, 0.29) is 0 Å². The van der Waals surface area contributed by atoms with Gasteiger partial charge in [0.15, 0.2) is 5.60 Å². The fraction of sp³-hybridized carbons (Fsp3) is 0.917. The molecule has 0 unspecified atom stereocenters. The summed E-state index contributed by atoms with van der Waals surface area (Å²) < 4.78 is 4.69. The summed E-state index contributed by atoms with van der Waals surface area (Å²) in [5, 5.41) is 10.2. The minimum Gasteiger partial charge on any atom is -0.467 e. The van der Waals surface area contributed by atoms with Gasteiger partial charge < -0.3 is 9.84 Å². The van der Waals surface area contributed by atoms with Gasteiger partial charge in [0.2, 0.25) is 0 Å². The number of fused-ring (bicyclic) bond motifs is 1. The molecule has 0 bridgehead atoms. The lowest BCUT2D eigenvalue weighted by molar-refractivity contribution is -0.162. The Morgan fingerprint density at radius 2 is 1.73 bits per heavy atom. The van der Waals surface area contributed by atoms with E-state index in [9.17, 15) is 9.90 Å². The molecule has 2 aliphatic rings. The normalized spacial score (nSPS) is 34.3. The highest BCUT2D eigenvalue weighted by Gasteiger charge is 2.49. The first-order valence-corrected chi connectivity index (χ1v) is 5.96. The lowest BCUT2D eigenvalue weighted by atomic mass is 9.92. The molecule has 0 aliphatic heterocycles. The van der Waals surface area contributed by atoms with Crippen LogP contribution in [0.1, 0.15) is 44.9 Å². The van der Waals surface area contributed by atoms with Crippen molar-refractivity contribution in [1.29, 1.82) is 0 Å². The Balaban J connectivity index is 2.06. The lowest BCUT2D eigenvalue weighted by Gasteiger charge is -2.19. The van der Waals surface area contributed by atoms with Crippen molar-refractivity contribution >= 4 is 5.97 Å². The summed E-state index contributed by atoms with van der Waals surface area (Å²) in [5.74, 6) is 0.642. The fourth-order valence-corrected chi connectivity index (χ4v) is 3.31. The highest BCUT2D eigenvalue weighted by molar-refractivity contribution is 5.79. The van der Waals surface area contributed by atoms with Crippen molar-refractivity contribution < 1.29 is 14.6 Å². The molecule has 0 spiro atoms. The van der Waals surface area contributed by atoms with E-state index in [0.29, 0.717) is 24.7 Å². The third-order valence-electron chi connectivity index (χ3n) is 4.08. The number of rotatable bonds is 1. The van der Waals surface area contributed by atoms with Crippen LogP contribution in [0.15, 0.2) is 0 Å². The van der Waals surface area contributed by atoms with Gasteiger partial charge in [-0.3, -0.25) is 0 Å². The maximum absolute atomic E-state index is 11.5. The first kappa shape index (κ1) is 10.9. The van der Waals surface area contributed by atoms with Crippen molar-refractivity contribution in [2.45, 2.75) is 50.5 Å². The van der Waals surface area contributed by atoms with Gasteiger partial charge in [0, 0.05) is 0 Å². The number of methoxy groups -OCH3 is 1. The zero-order valence-electron chi connectivity index (χ0n) is 9.37. The van der Waals surface area contributed by atoms with Crippen molar-refractivity contribution in [2.75, 3.05) is 7.11 Å². The number of aliphatic hydroxyl groups is 1. The van der Waals surface area contributed by atoms with Crippen LogP contribution in [0.4, 0.5) is 0 Å². The van der Waals surface area contributed by atoms with E-state index in [1.165, 1.54) is 39.2 Å². The molecular weight excluding hydrogens is 192 g/mol. The second-order valence-electron chi connectivity index (χ2n) is 5.09. The van der Waals surface area contributed by atoms with Gasteiger partial charge in [0.1, 0.15) is 0 Å². The number of hydrogen-bond donors (Lipinski definition) is 1. The summed E-state index contributed by atoms with van der Waals surface area (Å²) in [6, 6.07) is 0. The Morgan fingerprint density at radius 1 is 1.20 bits per heavy atom. The fourth-order valence-electron chi connectivity index (χ4n) is 3.31. The first-order chi connectivity index (χ1) is 7.15. The van der Waals surface area contributed by atoms with Crippen LogP contribution in [0.5, 0.6) is 0 Å². The number of carbonyl (C=O) groups excluding carboxylic acids is 1. The number of ether oxygens (including phenoxy) is 1. The van der Waals surface area contributed by atoms with Crippen LogP contribution < -0.4 is 0 Å². The summed E-state index contributed by atoms with van der Waals surface area (Å²) in [7, 11) is 1.36. The van der Waals surface area contributed by atoms with E-state index in [0.717, 1.165) is 0 Å². The van der Waals surface area contributed by atoms with Gasteiger partial charge >= 0.3 is 5.97 Å². The number of esters is 1. The zero-order valence-corrected chi connectivity index (χ0v) is 9.37. The molecule has 2 atom stereocenters. The largest absolute Gasteiger partial charge is 0.467 e. The van der Waals surface area contributed by atoms with E-state index in [1.807, 2.05) is 0 Å². The standard InChI is InChI=1S/C12H20O3/c1-15-11(13)12(14)7-9-5-3-2-4-6-10(9)8-12/h9-10,14H,2-8H2,1H3/t9-,10-/m1/s1. The van der Waals surface area contributed by atoms with E-state index in [4.69, 9.17) is 0 Å². The second kappa shape index (κ2) is 4.12. The Hall–Kier alpha value is -0.570. The predicted molar refractivity (Wildman–Crippen MR) is 56.3 cm³/mol. The van der Waals surface area contributed by atoms with Crippen molar-refractivity contribution in [3.8, 4) is 0 Å². The van der Waals surface area contributed by atoms with Gasteiger partial charge in [-0.1, -0.05) is 32.1 Å². The number of carbonyl (C=O) groups is 1. The average Bonchev–Trinajstić information content (AvgIpc) is 2.41. The van der Waals surface area contributed by atoms with E-state index < -0.39 is 11.6 Å². The molecule has 2 rings (SSSR count). The molecular formula is C12H20O3. The van der Waals surface area contributed by atoms with Gasteiger partial charge in [0.25, 0.3) is 0 Å². The molecule has 1 N–H and O–H groups in total. The summed E-state index contributed by atoms with van der Waals surface area (Å²) >= 11 is 0. The van der Waals surface area contributed by atoms with Crippen LogP contribution in [-0.2, 0) is 9.53 Å². The SMILES string of the molecule is COC(=O)C1(O)C[C@H]2CCCCC[C@@H]2C1. The highest BCUT2D eigenvalue weighted by Crippen LogP contribution is 2.46. The molecule has 2 fully saturated rings. The molecule has 2 saturated carbocycles. The second-order valence-corrected chi connectivity index (χ2v) is 5.09. The monoisotopic (exact) mass is 212 g/mol. The zero-order chi connectivity index (χ0) is 10.9. The van der Waals surface area contributed by atoms with Crippen LogP contribution in [-0.4, -0.2) is 23.8 Å². The summed E-state index contributed by atoms with van der Waals surface area (Å²) in [6.45, 7) is 0. The Morgan fingerprint density at radius 3 is 2.20 bits per heavy atom.